The summed E-state index contributed by atoms with van der Waals surface area (Å²) in [5.41, 5.74) is 7.14. The molecule has 0 radical (unpaired) electrons. The van der Waals surface area contributed by atoms with Crippen molar-refractivity contribution < 1.29 is 76.9 Å². The van der Waals surface area contributed by atoms with Crippen LogP contribution >= 0.6 is 0 Å². The molecule has 0 aliphatic carbocycles. The maximum absolute atomic E-state index is 14.9. The molecule has 0 spiro atoms. The number of piperazine rings is 1. The zero-order valence-electron chi connectivity index (χ0n) is 60.4. The largest absolute Gasteiger partial charge is 0.481 e. The van der Waals surface area contributed by atoms with Crippen molar-refractivity contribution in [3.8, 4) is 0 Å². The molecule has 0 bridgehead atoms. The van der Waals surface area contributed by atoms with E-state index in [0.717, 1.165) is 10.5 Å². The minimum Gasteiger partial charge on any atom is -0.481 e. The Bertz CT molecular complexity index is 3060. The molecule has 0 saturated carbocycles. The zero-order chi connectivity index (χ0) is 73.2. The van der Waals surface area contributed by atoms with Crippen molar-refractivity contribution in [2.45, 2.75) is 195 Å². The zero-order valence-corrected chi connectivity index (χ0v) is 60.4. The van der Waals surface area contributed by atoms with E-state index in [0.29, 0.717) is 75.8 Å². The second kappa shape index (κ2) is 40.4. The molecule has 1 unspecified atom stereocenters. The number of unbranched alkanes of at least 4 members (excludes halogenated alkanes) is 2. The molecule has 2 aromatic rings. The number of Topliss-reactive ketones (excluding diaryl/α,β-unsaturated/α-hetero) is 3. The molecular weight excluding hydrogens is 1270 g/mol. The van der Waals surface area contributed by atoms with Crippen LogP contribution in [-0.2, 0) is 75.2 Å². The normalized spacial score (nSPS) is 18.1. The number of ether oxygens (including phenoxy) is 3. The minimum atomic E-state index is -1.06. The van der Waals surface area contributed by atoms with E-state index in [1.165, 1.54) is 26.4 Å². The third-order valence-corrected chi connectivity index (χ3v) is 19.9. The second-order valence-electron chi connectivity index (χ2n) is 28.0. The molecule has 9 amide bonds. The first-order chi connectivity index (χ1) is 47.0. The minimum absolute atomic E-state index is 0.0298. The highest BCUT2D eigenvalue weighted by molar-refractivity contribution is 6.12. The second-order valence-corrected chi connectivity index (χ2v) is 28.0. The first kappa shape index (κ1) is 81.8. The first-order valence-corrected chi connectivity index (χ1v) is 35.4. The number of hydrogen-bond acceptors (Lipinski definition) is 16. The average molecular weight is 1380 g/mol. The molecule has 3 aliphatic rings. The van der Waals surface area contributed by atoms with E-state index in [4.69, 9.17) is 19.9 Å². The smallest absolute Gasteiger partial charge is 0.410 e. The number of hydrogen-bond donors (Lipinski definition) is 5. The summed E-state index contributed by atoms with van der Waals surface area (Å²) in [4.78, 5) is 168. The number of carboxylic acids is 1. The Morgan fingerprint density at radius 1 is 0.707 bits per heavy atom. The van der Waals surface area contributed by atoms with Crippen molar-refractivity contribution in [3.63, 3.8) is 0 Å². The van der Waals surface area contributed by atoms with Crippen molar-refractivity contribution in [2.24, 2.45) is 53.1 Å². The van der Waals surface area contributed by atoms with Crippen LogP contribution in [0.5, 0.6) is 0 Å². The lowest BCUT2D eigenvalue weighted by molar-refractivity contribution is -0.149. The van der Waals surface area contributed by atoms with E-state index in [1.807, 2.05) is 71.9 Å². The Morgan fingerprint density at radius 2 is 1.35 bits per heavy atom. The van der Waals surface area contributed by atoms with Crippen LogP contribution < -0.4 is 21.7 Å². The summed E-state index contributed by atoms with van der Waals surface area (Å²) in [6.45, 7) is 19.2. The summed E-state index contributed by atoms with van der Waals surface area (Å²) in [5, 5.41) is 18.3. The van der Waals surface area contributed by atoms with Gasteiger partial charge in [0, 0.05) is 128 Å². The number of methoxy groups -OCH3 is 2. The van der Waals surface area contributed by atoms with Crippen molar-refractivity contribution in [1.29, 1.82) is 0 Å². The Morgan fingerprint density at radius 3 is 1.93 bits per heavy atom. The summed E-state index contributed by atoms with van der Waals surface area (Å²) < 4.78 is 17.9. The molecule has 3 aliphatic heterocycles. The molecular formula is C74H111N9O16. The standard InChI is InChI=1S/C74H111N9O16/c1-13-49(8)68(61(97-11)44-65(90)82-35-21-25-57(82)69(98-12)50(9)58(84)42-54(72(93)94)40-51-22-16-14-17-23-51)79(10)71(92)56(46(2)3)43-60(86)67(48(6)7)80-36-38-81(39-37-80)74(96)99-45-52-27-29-55(30-28-52)77-70(91)53(24-20-33-76-73(75)95)41-59(85)66(47(4)5)78-62(87)26-18-15-19-34-83-63(88)31-32-64(83)89/h14,16-17,22-23,27-32,46-50,53-54,56-57,61,66-69H,13,15,18-21,24-26,33-45H2,1-12H3,(H,77,91)(H,78,87)(H,93,94)(H3,75,76,95)/t49-,50-,53+,54+,56-,57-,61?,66-,67-,68-,69+/m0/s1. The Hall–Kier alpha value is -7.90. The third kappa shape index (κ3) is 24.5. The van der Waals surface area contributed by atoms with Gasteiger partial charge in [0.15, 0.2) is 11.6 Å². The Balaban J connectivity index is 1.13. The Kier molecular flexibility index (Phi) is 33.3. The van der Waals surface area contributed by atoms with Gasteiger partial charge in [-0.05, 0) is 91.9 Å². The van der Waals surface area contributed by atoms with Crippen molar-refractivity contribution in [3.05, 3.63) is 77.9 Å². The van der Waals surface area contributed by atoms with E-state index in [-0.39, 0.29) is 148 Å². The van der Waals surface area contributed by atoms with E-state index in [9.17, 15) is 62.6 Å². The van der Waals surface area contributed by atoms with Crippen LogP contribution in [0.1, 0.15) is 157 Å². The number of urea groups is 1. The molecule has 3 heterocycles. The van der Waals surface area contributed by atoms with Crippen molar-refractivity contribution >= 4 is 76.6 Å². The lowest BCUT2D eigenvalue weighted by Crippen LogP contribution is -2.56. The van der Waals surface area contributed by atoms with Crippen molar-refractivity contribution in [2.75, 3.05) is 72.4 Å². The average Bonchev–Trinajstić information content (AvgIpc) is 1.77. The van der Waals surface area contributed by atoms with Crippen molar-refractivity contribution in [1.82, 2.24) is 35.1 Å². The highest BCUT2D eigenvalue weighted by Crippen LogP contribution is 2.33. The number of carboxylic acid groups (broad SMARTS) is 1. The number of nitrogens with two attached hydrogens (primary N) is 1. The molecule has 0 aromatic heterocycles. The first-order valence-electron chi connectivity index (χ1n) is 35.4. The van der Waals surface area contributed by atoms with Gasteiger partial charge in [-0.25, -0.2) is 9.59 Å². The number of rotatable bonds is 42. The SMILES string of the molecule is CC[C@H](C)[C@@H](C(CC(=O)N1CCC[C@H]1[C@H](OC)[C@@H](C)C(=O)C[C@@H](Cc1ccccc1)C(=O)O)OC)N(C)C(=O)[C@@H](CC(=O)[C@H](C(C)C)N1CCN(C(=O)OCc2ccc(NC(=O)[C@H](CCCNC(N)=O)CC(=O)[C@@H](NC(=O)CCCCCN3C(=O)C=CC3=O)C(C)C)cc2)CC1)C(C)C. The molecule has 25 heteroatoms. The monoisotopic (exact) mass is 1380 g/mol. The number of amides is 9. The maximum Gasteiger partial charge on any atom is 0.410 e. The van der Waals surface area contributed by atoms with Crippen LogP contribution in [0.3, 0.4) is 0 Å². The number of benzene rings is 2. The molecule has 548 valence electrons. The number of nitrogens with zero attached hydrogens (tertiary/aromatic N) is 5. The van der Waals surface area contributed by atoms with E-state index in [2.05, 4.69) is 20.9 Å². The number of nitrogens with one attached hydrogen (secondary N) is 3. The fourth-order valence-electron chi connectivity index (χ4n) is 14.0. The molecule has 25 nitrogen and oxygen atoms in total. The van der Waals surface area contributed by atoms with Gasteiger partial charge < -0.3 is 55.7 Å². The quantitative estimate of drug-likeness (QED) is 0.0315. The van der Waals surface area contributed by atoms with E-state index >= 15 is 0 Å². The van der Waals surface area contributed by atoms with Gasteiger partial charge in [-0.15, -0.1) is 0 Å². The summed E-state index contributed by atoms with van der Waals surface area (Å²) in [6, 6.07) is 12.7. The van der Waals surface area contributed by atoms with Crippen LogP contribution in [0.15, 0.2) is 66.7 Å². The molecule has 11 atom stereocenters. The summed E-state index contributed by atoms with van der Waals surface area (Å²) in [7, 11) is 4.75. The molecule has 99 heavy (non-hydrogen) atoms. The topological polar surface area (TPSA) is 331 Å². The predicted octanol–water partition coefficient (Wildman–Crippen LogP) is 7.61. The van der Waals surface area contributed by atoms with Gasteiger partial charge in [0.2, 0.25) is 23.6 Å². The van der Waals surface area contributed by atoms with Gasteiger partial charge in [0.25, 0.3) is 11.8 Å². The summed E-state index contributed by atoms with van der Waals surface area (Å²) in [5.74, 6) is -7.65. The van der Waals surface area contributed by atoms with Crippen LogP contribution in [0, 0.1) is 47.3 Å². The number of primary amides is 1. The van der Waals surface area contributed by atoms with Crippen LogP contribution in [0.4, 0.5) is 15.3 Å². The Labute approximate surface area is 584 Å². The lowest BCUT2D eigenvalue weighted by atomic mass is 9.83. The number of aliphatic carboxylic acids is 1. The number of carbonyl (C=O) groups excluding carboxylic acids is 11. The molecule has 2 aromatic carbocycles. The molecule has 2 saturated heterocycles. The number of anilines is 1. The molecule has 6 N–H and O–H groups in total. The molecule has 5 rings (SSSR count). The van der Waals surface area contributed by atoms with E-state index in [1.54, 1.807) is 66.8 Å². The van der Waals surface area contributed by atoms with Gasteiger partial charge in [0.1, 0.15) is 12.4 Å². The predicted molar refractivity (Wildman–Crippen MR) is 373 cm³/mol. The number of likely N-dealkylation sites (tertiary alicyclic amines) is 1. The number of ketones is 3. The lowest BCUT2D eigenvalue weighted by Gasteiger charge is -2.42. The fourth-order valence-corrected chi connectivity index (χ4v) is 14.0. The van der Waals surface area contributed by atoms with Crippen LogP contribution in [0.2, 0.25) is 0 Å². The summed E-state index contributed by atoms with van der Waals surface area (Å²) in [6.07, 6.45) is 4.40. The third-order valence-electron chi connectivity index (χ3n) is 19.9. The highest BCUT2D eigenvalue weighted by Gasteiger charge is 2.44. The highest BCUT2D eigenvalue weighted by atomic mass is 16.6. The van der Waals surface area contributed by atoms with Gasteiger partial charge >= 0.3 is 18.1 Å². The fraction of sp³-hybridized carbons (Fsp3) is 0.649. The number of imide groups is 1. The van der Waals surface area contributed by atoms with Gasteiger partial charge in [-0.3, -0.25) is 57.7 Å². The number of likely N-dealkylation sites (N-methyl/N-ethyl adjacent to an activating group) is 1. The van der Waals surface area contributed by atoms with Gasteiger partial charge in [0.05, 0.1) is 48.7 Å². The van der Waals surface area contributed by atoms with E-state index < -0.39 is 84.0 Å². The molecule has 2 fully saturated rings. The van der Waals surface area contributed by atoms with Gasteiger partial charge in [-0.1, -0.05) is 118 Å². The van der Waals surface area contributed by atoms with Crippen LogP contribution in [-0.4, -0.2) is 204 Å². The maximum atomic E-state index is 14.9. The van der Waals surface area contributed by atoms with Gasteiger partial charge in [-0.2, -0.15) is 0 Å². The number of carbonyl (C=O) groups is 12. The summed E-state index contributed by atoms with van der Waals surface area (Å²) >= 11 is 0. The van der Waals surface area contributed by atoms with Crippen LogP contribution in [0.25, 0.3) is 0 Å².